The van der Waals surface area contributed by atoms with Crippen LogP contribution in [0.3, 0.4) is 0 Å². The number of halogens is 1. The van der Waals surface area contributed by atoms with Gasteiger partial charge in [-0.25, -0.2) is 4.98 Å². The minimum atomic E-state index is 0.572. The van der Waals surface area contributed by atoms with Crippen molar-refractivity contribution >= 4 is 29.1 Å². The first-order valence-electron chi connectivity index (χ1n) is 7.77. The van der Waals surface area contributed by atoms with Crippen molar-refractivity contribution in [2.24, 2.45) is 0 Å². The van der Waals surface area contributed by atoms with E-state index in [1.165, 1.54) is 5.56 Å². The summed E-state index contributed by atoms with van der Waals surface area (Å²) in [6, 6.07) is 17.8. The molecule has 0 saturated heterocycles. The molecule has 2 N–H and O–H groups in total. The first-order valence-corrected chi connectivity index (χ1v) is 8.14. The molecule has 0 aliphatic carbocycles. The summed E-state index contributed by atoms with van der Waals surface area (Å²) in [7, 11) is 0. The molecule has 5 heteroatoms. The third kappa shape index (κ3) is 4.24. The normalized spacial score (nSPS) is 10.5. The van der Waals surface area contributed by atoms with Crippen molar-refractivity contribution in [2.45, 2.75) is 20.4 Å². The summed E-state index contributed by atoms with van der Waals surface area (Å²) in [6.45, 7) is 4.61. The fourth-order valence-electron chi connectivity index (χ4n) is 2.39. The van der Waals surface area contributed by atoms with Crippen molar-refractivity contribution in [1.29, 1.82) is 0 Å². The number of nitrogens with one attached hydrogen (secondary N) is 2. The van der Waals surface area contributed by atoms with E-state index >= 15 is 0 Å². The molecule has 0 fully saturated rings. The molecule has 122 valence electrons. The Hall–Kier alpha value is -2.59. The summed E-state index contributed by atoms with van der Waals surface area (Å²) >= 11 is 6.19. The monoisotopic (exact) mass is 338 g/mol. The smallest absolute Gasteiger partial charge is 0.229 e. The second-order valence-electron chi connectivity index (χ2n) is 5.66. The molecule has 0 spiro atoms. The predicted octanol–water partition coefficient (Wildman–Crippen LogP) is 5.10. The molecule has 0 unspecified atom stereocenters. The molecular formula is C19H19ClN4. The van der Waals surface area contributed by atoms with Gasteiger partial charge in [-0.05, 0) is 43.2 Å². The zero-order valence-electron chi connectivity index (χ0n) is 13.7. The largest absolute Gasteiger partial charge is 0.366 e. The molecule has 1 heterocycles. The highest BCUT2D eigenvalue weighted by molar-refractivity contribution is 6.31. The average Bonchev–Trinajstić information content (AvgIpc) is 2.53. The van der Waals surface area contributed by atoms with Gasteiger partial charge in [-0.3, -0.25) is 0 Å². The maximum atomic E-state index is 6.19. The first-order chi connectivity index (χ1) is 11.6. The second kappa shape index (κ2) is 7.32. The van der Waals surface area contributed by atoms with Crippen LogP contribution in [-0.2, 0) is 6.54 Å². The molecule has 3 rings (SSSR count). The van der Waals surface area contributed by atoms with Gasteiger partial charge in [-0.2, -0.15) is 4.98 Å². The van der Waals surface area contributed by atoms with Crippen molar-refractivity contribution in [2.75, 3.05) is 10.6 Å². The van der Waals surface area contributed by atoms with Gasteiger partial charge in [0.15, 0.2) is 0 Å². The molecule has 24 heavy (non-hydrogen) atoms. The van der Waals surface area contributed by atoms with Crippen LogP contribution in [0.15, 0.2) is 54.6 Å². The lowest BCUT2D eigenvalue weighted by Gasteiger charge is -2.11. The number of aromatic nitrogens is 2. The van der Waals surface area contributed by atoms with E-state index in [4.69, 9.17) is 11.6 Å². The Morgan fingerprint density at radius 3 is 2.58 bits per heavy atom. The van der Waals surface area contributed by atoms with Crippen molar-refractivity contribution in [1.82, 2.24) is 9.97 Å². The zero-order valence-corrected chi connectivity index (χ0v) is 14.4. The summed E-state index contributed by atoms with van der Waals surface area (Å²) < 4.78 is 0. The molecule has 3 aromatic rings. The summed E-state index contributed by atoms with van der Waals surface area (Å²) in [5.74, 6) is 1.33. The van der Waals surface area contributed by atoms with Gasteiger partial charge in [0.2, 0.25) is 5.95 Å². The molecule has 0 radical (unpaired) electrons. The van der Waals surface area contributed by atoms with Crippen LogP contribution in [0, 0.1) is 13.8 Å². The van der Waals surface area contributed by atoms with Gasteiger partial charge in [0.25, 0.3) is 0 Å². The number of hydrogen-bond donors (Lipinski definition) is 2. The number of benzene rings is 2. The summed E-state index contributed by atoms with van der Waals surface area (Å²) in [5, 5.41) is 7.30. The maximum Gasteiger partial charge on any atom is 0.229 e. The minimum absolute atomic E-state index is 0.572. The zero-order chi connectivity index (χ0) is 16.9. The van der Waals surface area contributed by atoms with E-state index in [1.54, 1.807) is 0 Å². The van der Waals surface area contributed by atoms with Crippen molar-refractivity contribution in [3.8, 4) is 0 Å². The predicted molar refractivity (Wildman–Crippen MR) is 100 cm³/mol. The molecule has 1 aromatic heterocycles. The van der Waals surface area contributed by atoms with Crippen LogP contribution in [0.2, 0.25) is 5.02 Å². The lowest BCUT2D eigenvalue weighted by Crippen LogP contribution is -2.06. The van der Waals surface area contributed by atoms with E-state index in [0.717, 1.165) is 27.8 Å². The molecule has 0 bridgehead atoms. The molecule has 4 nitrogen and oxygen atoms in total. The van der Waals surface area contributed by atoms with E-state index < -0.39 is 0 Å². The van der Waals surface area contributed by atoms with Crippen LogP contribution in [0.5, 0.6) is 0 Å². The van der Waals surface area contributed by atoms with Crippen LogP contribution in [-0.4, -0.2) is 9.97 Å². The van der Waals surface area contributed by atoms with Gasteiger partial charge in [-0.1, -0.05) is 41.9 Å². The third-order valence-corrected chi connectivity index (χ3v) is 3.91. The Balaban J connectivity index is 1.75. The Kier molecular flexibility index (Phi) is 4.96. The number of aryl methyl sites for hydroxylation is 2. The fraction of sp³-hybridized carbons (Fsp3) is 0.158. The highest BCUT2D eigenvalue weighted by Gasteiger charge is 2.04. The molecular weight excluding hydrogens is 320 g/mol. The third-order valence-electron chi connectivity index (χ3n) is 3.55. The lowest BCUT2D eigenvalue weighted by molar-refractivity contribution is 1.06. The highest BCUT2D eigenvalue weighted by atomic mass is 35.5. The van der Waals surface area contributed by atoms with Gasteiger partial charge in [0.05, 0.1) is 0 Å². The minimum Gasteiger partial charge on any atom is -0.366 e. The van der Waals surface area contributed by atoms with Gasteiger partial charge in [-0.15, -0.1) is 0 Å². The molecule has 0 aliphatic rings. The van der Waals surface area contributed by atoms with Gasteiger partial charge in [0, 0.05) is 29.0 Å². The quantitative estimate of drug-likeness (QED) is 0.679. The Morgan fingerprint density at radius 2 is 1.79 bits per heavy atom. The van der Waals surface area contributed by atoms with E-state index in [0.29, 0.717) is 12.5 Å². The van der Waals surface area contributed by atoms with Gasteiger partial charge >= 0.3 is 0 Å². The van der Waals surface area contributed by atoms with Gasteiger partial charge < -0.3 is 10.6 Å². The van der Waals surface area contributed by atoms with Crippen LogP contribution < -0.4 is 10.6 Å². The Labute approximate surface area is 146 Å². The Bertz CT molecular complexity index is 848. The Morgan fingerprint density at radius 1 is 0.958 bits per heavy atom. The number of hydrogen-bond acceptors (Lipinski definition) is 4. The van der Waals surface area contributed by atoms with Crippen LogP contribution in [0.25, 0.3) is 0 Å². The van der Waals surface area contributed by atoms with Crippen LogP contribution in [0.4, 0.5) is 17.5 Å². The van der Waals surface area contributed by atoms with Gasteiger partial charge in [0.1, 0.15) is 5.82 Å². The highest BCUT2D eigenvalue weighted by Crippen LogP contribution is 2.19. The van der Waals surface area contributed by atoms with E-state index in [9.17, 15) is 0 Å². The summed E-state index contributed by atoms with van der Waals surface area (Å²) in [4.78, 5) is 8.97. The van der Waals surface area contributed by atoms with Crippen LogP contribution in [0.1, 0.15) is 16.8 Å². The van der Waals surface area contributed by atoms with Crippen molar-refractivity contribution < 1.29 is 0 Å². The number of rotatable bonds is 5. The van der Waals surface area contributed by atoms with E-state index in [-0.39, 0.29) is 0 Å². The molecule has 0 amide bonds. The fourth-order valence-corrected chi connectivity index (χ4v) is 2.60. The van der Waals surface area contributed by atoms with E-state index in [1.807, 2.05) is 49.4 Å². The maximum absolute atomic E-state index is 6.19. The summed E-state index contributed by atoms with van der Waals surface area (Å²) in [5.41, 5.74) is 4.08. The van der Waals surface area contributed by atoms with Crippen molar-refractivity contribution in [3.05, 3.63) is 76.4 Å². The molecule has 2 aromatic carbocycles. The molecule has 0 saturated carbocycles. The molecule has 0 atom stereocenters. The van der Waals surface area contributed by atoms with Crippen molar-refractivity contribution in [3.63, 3.8) is 0 Å². The number of nitrogens with zero attached hydrogens (tertiary/aromatic N) is 2. The SMILES string of the molecule is Cc1cccc(Nc2nc(C)cc(NCc3ccccc3Cl)n2)c1. The van der Waals surface area contributed by atoms with Crippen LogP contribution >= 0.6 is 11.6 Å². The second-order valence-corrected chi connectivity index (χ2v) is 6.06. The first kappa shape index (κ1) is 16.3. The standard InChI is InChI=1S/C19H19ClN4/c1-13-6-5-8-16(10-13)23-19-22-14(2)11-18(24-19)21-12-15-7-3-4-9-17(15)20/h3-11H,12H2,1-2H3,(H2,21,22,23,24). The summed E-state index contributed by atoms with van der Waals surface area (Å²) in [6.07, 6.45) is 0. The lowest BCUT2D eigenvalue weighted by atomic mass is 10.2. The number of anilines is 3. The average molecular weight is 339 g/mol. The topological polar surface area (TPSA) is 49.8 Å². The molecule has 0 aliphatic heterocycles. The van der Waals surface area contributed by atoms with E-state index in [2.05, 4.69) is 39.7 Å².